The fourth-order valence-corrected chi connectivity index (χ4v) is 2.76. The third-order valence-electron chi connectivity index (χ3n) is 3.84. The van der Waals surface area contributed by atoms with Gasteiger partial charge >= 0.3 is 0 Å². The van der Waals surface area contributed by atoms with Crippen molar-refractivity contribution in [2.75, 3.05) is 26.2 Å². The molecular formula is C15H20FN3. The number of likely N-dealkylation sites (tertiary alicyclic amines) is 1. The van der Waals surface area contributed by atoms with Gasteiger partial charge in [0.2, 0.25) is 0 Å². The van der Waals surface area contributed by atoms with Gasteiger partial charge in [-0.05, 0) is 69.1 Å². The second kappa shape index (κ2) is 6.65. The summed E-state index contributed by atoms with van der Waals surface area (Å²) in [5.74, 6) is 0.0464. The highest BCUT2D eigenvalue weighted by Crippen LogP contribution is 2.30. The molecule has 2 N–H and O–H groups in total. The molecule has 1 aliphatic rings. The van der Waals surface area contributed by atoms with Crippen LogP contribution in [0.4, 0.5) is 4.39 Å². The van der Waals surface area contributed by atoms with Crippen LogP contribution in [0.15, 0.2) is 18.2 Å². The van der Waals surface area contributed by atoms with Crippen molar-refractivity contribution in [3.63, 3.8) is 0 Å². The maximum atomic E-state index is 13.1. The molecule has 0 radical (unpaired) electrons. The van der Waals surface area contributed by atoms with Gasteiger partial charge in [-0.15, -0.1) is 0 Å². The summed E-state index contributed by atoms with van der Waals surface area (Å²) in [7, 11) is 0. The smallest absolute Gasteiger partial charge is 0.124 e. The fourth-order valence-electron chi connectivity index (χ4n) is 2.76. The molecule has 0 atom stereocenters. The van der Waals surface area contributed by atoms with Gasteiger partial charge in [-0.25, -0.2) is 4.39 Å². The van der Waals surface area contributed by atoms with Crippen LogP contribution < -0.4 is 5.73 Å². The van der Waals surface area contributed by atoms with Crippen molar-refractivity contribution >= 4 is 0 Å². The molecule has 4 heteroatoms. The molecule has 102 valence electrons. The average molecular weight is 261 g/mol. The first-order valence-electron chi connectivity index (χ1n) is 6.86. The van der Waals surface area contributed by atoms with Gasteiger partial charge < -0.3 is 10.6 Å². The lowest BCUT2D eigenvalue weighted by atomic mass is 9.86. The minimum absolute atomic E-state index is 0.333. The Labute approximate surface area is 113 Å². The van der Waals surface area contributed by atoms with Gasteiger partial charge in [0, 0.05) is 0 Å². The Bertz CT molecular complexity index is 459. The average Bonchev–Trinajstić information content (AvgIpc) is 2.45. The molecule has 0 amide bonds. The number of halogens is 1. The minimum atomic E-state index is -0.333. The van der Waals surface area contributed by atoms with Crippen molar-refractivity contribution in [1.82, 2.24) is 4.90 Å². The molecule has 3 nitrogen and oxygen atoms in total. The summed E-state index contributed by atoms with van der Waals surface area (Å²) >= 11 is 0. The van der Waals surface area contributed by atoms with Crippen molar-refractivity contribution in [2.24, 2.45) is 5.73 Å². The van der Waals surface area contributed by atoms with Crippen molar-refractivity contribution in [3.05, 3.63) is 35.1 Å². The van der Waals surface area contributed by atoms with E-state index in [0.717, 1.165) is 51.0 Å². The molecular weight excluding hydrogens is 241 g/mol. The standard InChI is InChI=1S/C15H20FN3/c16-14-2-3-15(13(10-14)11-18)12-4-8-19(9-5-12)7-1-6-17/h2-3,10,12H,1,4-9,17H2. The van der Waals surface area contributed by atoms with Gasteiger partial charge in [-0.1, -0.05) is 6.07 Å². The molecule has 19 heavy (non-hydrogen) atoms. The second-order valence-electron chi connectivity index (χ2n) is 5.10. The Balaban J connectivity index is 2.00. The zero-order valence-corrected chi connectivity index (χ0v) is 11.1. The van der Waals surface area contributed by atoms with E-state index in [1.807, 2.05) is 0 Å². The summed E-state index contributed by atoms with van der Waals surface area (Å²) < 4.78 is 13.1. The molecule has 1 saturated heterocycles. The molecule has 2 rings (SSSR count). The summed E-state index contributed by atoms with van der Waals surface area (Å²) in [5.41, 5.74) is 7.01. The number of rotatable bonds is 4. The lowest BCUT2D eigenvalue weighted by Crippen LogP contribution is -2.34. The van der Waals surface area contributed by atoms with Crippen LogP contribution in [-0.4, -0.2) is 31.1 Å². The van der Waals surface area contributed by atoms with Crippen molar-refractivity contribution in [3.8, 4) is 6.07 Å². The van der Waals surface area contributed by atoms with Crippen molar-refractivity contribution in [2.45, 2.75) is 25.2 Å². The maximum absolute atomic E-state index is 13.1. The highest BCUT2D eigenvalue weighted by molar-refractivity contribution is 5.40. The van der Waals surface area contributed by atoms with Crippen LogP contribution in [0.1, 0.15) is 36.3 Å². The first kappa shape index (κ1) is 14.0. The van der Waals surface area contributed by atoms with E-state index in [-0.39, 0.29) is 5.82 Å². The largest absolute Gasteiger partial charge is 0.330 e. The van der Waals surface area contributed by atoms with Gasteiger partial charge in [0.15, 0.2) is 0 Å². The molecule has 1 aliphatic heterocycles. The van der Waals surface area contributed by atoms with E-state index in [0.29, 0.717) is 11.5 Å². The summed E-state index contributed by atoms with van der Waals surface area (Å²) in [6, 6.07) is 6.68. The predicted octanol–water partition coefficient (Wildman–Crippen LogP) is 2.23. The van der Waals surface area contributed by atoms with E-state index in [2.05, 4.69) is 11.0 Å². The molecule has 0 spiro atoms. The lowest BCUT2D eigenvalue weighted by Gasteiger charge is -2.32. The number of nitriles is 1. The quantitative estimate of drug-likeness (QED) is 0.904. The SMILES string of the molecule is N#Cc1cc(F)ccc1C1CCN(CCCN)CC1. The monoisotopic (exact) mass is 261 g/mol. The highest BCUT2D eigenvalue weighted by atomic mass is 19.1. The molecule has 0 aliphatic carbocycles. The van der Waals surface area contributed by atoms with Crippen LogP contribution in [0, 0.1) is 17.1 Å². The Morgan fingerprint density at radius 3 is 2.74 bits per heavy atom. The summed E-state index contributed by atoms with van der Waals surface area (Å²) in [6.07, 6.45) is 3.10. The Hall–Kier alpha value is -1.44. The number of hydrogen-bond donors (Lipinski definition) is 1. The van der Waals surface area contributed by atoms with Crippen molar-refractivity contribution < 1.29 is 4.39 Å². The van der Waals surface area contributed by atoms with Gasteiger partial charge in [0.05, 0.1) is 11.6 Å². The predicted molar refractivity (Wildman–Crippen MR) is 73.2 cm³/mol. The highest BCUT2D eigenvalue weighted by Gasteiger charge is 2.22. The number of benzene rings is 1. The van der Waals surface area contributed by atoms with Crippen LogP contribution in [0.25, 0.3) is 0 Å². The van der Waals surface area contributed by atoms with Crippen LogP contribution >= 0.6 is 0 Å². The van der Waals surface area contributed by atoms with Gasteiger partial charge in [0.25, 0.3) is 0 Å². The van der Waals surface area contributed by atoms with E-state index >= 15 is 0 Å². The van der Waals surface area contributed by atoms with E-state index in [9.17, 15) is 4.39 Å². The molecule has 0 saturated carbocycles. The lowest BCUT2D eigenvalue weighted by molar-refractivity contribution is 0.211. The first-order valence-corrected chi connectivity index (χ1v) is 6.86. The van der Waals surface area contributed by atoms with E-state index in [1.165, 1.54) is 12.1 Å². The van der Waals surface area contributed by atoms with Gasteiger partial charge in [0.1, 0.15) is 5.82 Å². The van der Waals surface area contributed by atoms with E-state index in [4.69, 9.17) is 11.0 Å². The third kappa shape index (κ3) is 3.52. The van der Waals surface area contributed by atoms with Crippen molar-refractivity contribution in [1.29, 1.82) is 5.26 Å². The van der Waals surface area contributed by atoms with Crippen LogP contribution in [0.2, 0.25) is 0 Å². The molecule has 0 unspecified atom stereocenters. The summed E-state index contributed by atoms with van der Waals surface area (Å²) in [6.45, 7) is 3.86. The Morgan fingerprint density at radius 2 is 2.11 bits per heavy atom. The normalized spacial score (nSPS) is 17.3. The topological polar surface area (TPSA) is 53.0 Å². The zero-order chi connectivity index (χ0) is 13.7. The molecule has 0 bridgehead atoms. The van der Waals surface area contributed by atoms with Gasteiger partial charge in [-0.2, -0.15) is 5.26 Å². The number of nitrogens with two attached hydrogens (primary N) is 1. The number of nitrogens with zero attached hydrogens (tertiary/aromatic N) is 2. The fraction of sp³-hybridized carbons (Fsp3) is 0.533. The van der Waals surface area contributed by atoms with E-state index in [1.54, 1.807) is 6.07 Å². The summed E-state index contributed by atoms with van der Waals surface area (Å²) in [5, 5.41) is 9.10. The zero-order valence-electron chi connectivity index (χ0n) is 11.1. The first-order chi connectivity index (χ1) is 9.24. The third-order valence-corrected chi connectivity index (χ3v) is 3.84. The molecule has 1 aromatic rings. The van der Waals surface area contributed by atoms with Gasteiger partial charge in [-0.3, -0.25) is 0 Å². The van der Waals surface area contributed by atoms with Crippen LogP contribution in [0.3, 0.4) is 0 Å². The molecule has 1 fully saturated rings. The Kier molecular flexibility index (Phi) is 4.89. The maximum Gasteiger partial charge on any atom is 0.124 e. The Morgan fingerprint density at radius 1 is 1.37 bits per heavy atom. The summed E-state index contributed by atoms with van der Waals surface area (Å²) in [4.78, 5) is 2.42. The number of hydrogen-bond acceptors (Lipinski definition) is 3. The molecule has 0 aromatic heterocycles. The van der Waals surface area contributed by atoms with E-state index < -0.39 is 0 Å². The molecule has 1 aromatic carbocycles. The minimum Gasteiger partial charge on any atom is -0.330 e. The second-order valence-corrected chi connectivity index (χ2v) is 5.10. The molecule has 1 heterocycles. The van der Waals surface area contributed by atoms with Crippen LogP contribution in [-0.2, 0) is 0 Å². The van der Waals surface area contributed by atoms with Crippen LogP contribution in [0.5, 0.6) is 0 Å². The number of piperidine rings is 1.